The summed E-state index contributed by atoms with van der Waals surface area (Å²) in [6.07, 6.45) is 1.93. The Kier molecular flexibility index (Phi) is 5.62. The van der Waals surface area contributed by atoms with Crippen molar-refractivity contribution in [3.05, 3.63) is 29.3 Å². The third-order valence-electron chi connectivity index (χ3n) is 4.03. The molecule has 0 aromatic heterocycles. The van der Waals surface area contributed by atoms with Crippen molar-refractivity contribution in [3.8, 4) is 5.75 Å². The van der Waals surface area contributed by atoms with Crippen molar-refractivity contribution in [2.75, 3.05) is 26.4 Å². The summed E-state index contributed by atoms with van der Waals surface area (Å²) in [5, 5.41) is 2.14. The Balaban J connectivity index is 1.52. The molecule has 8 nitrogen and oxygen atoms in total. The van der Waals surface area contributed by atoms with E-state index in [-0.39, 0.29) is 11.9 Å². The van der Waals surface area contributed by atoms with Gasteiger partial charge in [0.05, 0.1) is 31.5 Å². The van der Waals surface area contributed by atoms with Gasteiger partial charge in [-0.05, 0) is 12.1 Å². The fourth-order valence-corrected chi connectivity index (χ4v) is 3.01. The number of hydrogen-bond acceptors (Lipinski definition) is 8. The maximum Gasteiger partial charge on any atom is 0.226 e. The highest BCUT2D eigenvalue weighted by Gasteiger charge is 2.43. The largest absolute Gasteiger partial charge is 0.492 e. The summed E-state index contributed by atoms with van der Waals surface area (Å²) < 4.78 is 11.1. The SMILES string of the molecule is NC1=NC2(CCOCC2)N(OCCCOc2ccccc2Cl)C(N)=N1. The molecule has 0 atom stereocenters. The van der Waals surface area contributed by atoms with Gasteiger partial charge in [-0.1, -0.05) is 23.7 Å². The van der Waals surface area contributed by atoms with Gasteiger partial charge >= 0.3 is 0 Å². The van der Waals surface area contributed by atoms with Crippen LogP contribution in [-0.2, 0) is 9.57 Å². The molecular formula is C16H22ClN5O3. The van der Waals surface area contributed by atoms with E-state index in [1.807, 2.05) is 18.2 Å². The lowest BCUT2D eigenvalue weighted by atomic mass is 10.0. The van der Waals surface area contributed by atoms with Crippen LogP contribution in [0, 0.1) is 0 Å². The van der Waals surface area contributed by atoms with Gasteiger partial charge in [-0.2, -0.15) is 10.1 Å². The molecule has 2 heterocycles. The molecule has 0 unspecified atom stereocenters. The fraction of sp³-hybridized carbons (Fsp3) is 0.500. The van der Waals surface area contributed by atoms with Crippen LogP contribution in [-0.4, -0.2) is 49.1 Å². The lowest BCUT2D eigenvalue weighted by molar-refractivity contribution is -0.190. The molecule has 1 aromatic rings. The van der Waals surface area contributed by atoms with E-state index in [0.29, 0.717) is 56.5 Å². The summed E-state index contributed by atoms with van der Waals surface area (Å²) >= 11 is 6.05. The lowest BCUT2D eigenvalue weighted by Gasteiger charge is -2.43. The van der Waals surface area contributed by atoms with Crippen molar-refractivity contribution in [2.24, 2.45) is 21.5 Å². The Morgan fingerprint density at radius 1 is 1.20 bits per heavy atom. The Hall–Kier alpha value is -2.03. The molecule has 136 valence electrons. The topological polar surface area (TPSA) is 108 Å². The number of hydroxylamine groups is 2. The maximum absolute atomic E-state index is 6.05. The number of para-hydroxylation sites is 1. The van der Waals surface area contributed by atoms with E-state index >= 15 is 0 Å². The first-order valence-corrected chi connectivity index (χ1v) is 8.56. The normalized spacial score (nSPS) is 19.5. The number of nitrogens with two attached hydrogens (primary N) is 2. The quantitative estimate of drug-likeness (QED) is 0.737. The van der Waals surface area contributed by atoms with Crippen LogP contribution < -0.4 is 16.2 Å². The fourth-order valence-electron chi connectivity index (χ4n) is 2.82. The van der Waals surface area contributed by atoms with Crippen molar-refractivity contribution in [1.29, 1.82) is 0 Å². The molecule has 1 saturated heterocycles. The van der Waals surface area contributed by atoms with Crippen LogP contribution in [0.2, 0.25) is 5.02 Å². The van der Waals surface area contributed by atoms with E-state index in [1.165, 1.54) is 0 Å². The third-order valence-corrected chi connectivity index (χ3v) is 4.35. The predicted molar refractivity (Wildman–Crippen MR) is 95.4 cm³/mol. The zero-order valence-corrected chi connectivity index (χ0v) is 14.6. The van der Waals surface area contributed by atoms with Gasteiger partial charge in [0.15, 0.2) is 5.66 Å². The summed E-state index contributed by atoms with van der Waals surface area (Å²) in [6, 6.07) is 7.35. The molecule has 2 aliphatic heterocycles. The first-order chi connectivity index (χ1) is 12.1. The highest BCUT2D eigenvalue weighted by molar-refractivity contribution is 6.32. The summed E-state index contributed by atoms with van der Waals surface area (Å²) in [6.45, 7) is 2.01. The van der Waals surface area contributed by atoms with E-state index in [4.69, 9.17) is 37.4 Å². The van der Waals surface area contributed by atoms with Crippen LogP contribution in [0.25, 0.3) is 0 Å². The molecule has 2 aliphatic rings. The Bertz CT molecular complexity index is 661. The Morgan fingerprint density at radius 2 is 1.96 bits per heavy atom. The molecule has 1 aromatic carbocycles. The molecule has 9 heteroatoms. The van der Waals surface area contributed by atoms with Crippen LogP contribution in [0.3, 0.4) is 0 Å². The lowest BCUT2D eigenvalue weighted by Crippen LogP contribution is -2.59. The van der Waals surface area contributed by atoms with Crippen LogP contribution in [0.4, 0.5) is 0 Å². The van der Waals surface area contributed by atoms with E-state index in [9.17, 15) is 0 Å². The Morgan fingerprint density at radius 3 is 2.72 bits per heavy atom. The first kappa shape index (κ1) is 17.8. The van der Waals surface area contributed by atoms with E-state index < -0.39 is 5.66 Å². The van der Waals surface area contributed by atoms with Gasteiger partial charge in [-0.3, -0.25) is 4.84 Å². The Labute approximate surface area is 151 Å². The van der Waals surface area contributed by atoms with Crippen molar-refractivity contribution in [1.82, 2.24) is 5.06 Å². The zero-order chi connectivity index (χ0) is 17.7. The van der Waals surface area contributed by atoms with Crippen molar-refractivity contribution in [2.45, 2.75) is 24.9 Å². The van der Waals surface area contributed by atoms with Crippen LogP contribution in [0.5, 0.6) is 5.75 Å². The van der Waals surface area contributed by atoms with Gasteiger partial charge < -0.3 is 20.9 Å². The average Bonchev–Trinajstić information content (AvgIpc) is 2.59. The van der Waals surface area contributed by atoms with Crippen molar-refractivity contribution in [3.63, 3.8) is 0 Å². The maximum atomic E-state index is 6.05. The van der Waals surface area contributed by atoms with Gasteiger partial charge in [0.2, 0.25) is 11.9 Å². The number of halogens is 1. The molecule has 1 fully saturated rings. The van der Waals surface area contributed by atoms with Gasteiger partial charge in [0.1, 0.15) is 5.75 Å². The monoisotopic (exact) mass is 367 g/mol. The van der Waals surface area contributed by atoms with Gasteiger partial charge in [-0.25, -0.2) is 4.99 Å². The number of rotatable bonds is 6. The molecule has 1 spiro atoms. The second kappa shape index (κ2) is 7.90. The molecule has 0 amide bonds. The smallest absolute Gasteiger partial charge is 0.226 e. The molecule has 3 rings (SSSR count). The first-order valence-electron chi connectivity index (χ1n) is 8.18. The number of guanidine groups is 2. The number of nitrogens with zero attached hydrogens (tertiary/aromatic N) is 3. The third kappa shape index (κ3) is 4.15. The number of hydrogen-bond donors (Lipinski definition) is 2. The van der Waals surface area contributed by atoms with Crippen molar-refractivity contribution >= 4 is 23.5 Å². The van der Waals surface area contributed by atoms with Crippen LogP contribution >= 0.6 is 11.6 Å². The minimum absolute atomic E-state index is 0.168. The standard InChI is InChI=1S/C16H22ClN5O3/c17-12-4-1-2-5-13(12)24-8-3-9-25-22-15(19)20-14(18)21-16(22)6-10-23-11-7-16/h1-2,4-5H,3,6-11H2,(H4,18,19,20,21). The second-order valence-electron chi connectivity index (χ2n) is 5.79. The second-order valence-corrected chi connectivity index (χ2v) is 6.20. The van der Waals surface area contributed by atoms with Crippen LogP contribution in [0.1, 0.15) is 19.3 Å². The highest BCUT2D eigenvalue weighted by atomic mass is 35.5. The van der Waals surface area contributed by atoms with Gasteiger partial charge in [0.25, 0.3) is 0 Å². The average molecular weight is 368 g/mol. The van der Waals surface area contributed by atoms with E-state index in [1.54, 1.807) is 11.1 Å². The van der Waals surface area contributed by atoms with Gasteiger partial charge in [-0.15, -0.1) is 0 Å². The van der Waals surface area contributed by atoms with Crippen molar-refractivity contribution < 1.29 is 14.3 Å². The van der Waals surface area contributed by atoms with Gasteiger partial charge in [0, 0.05) is 19.3 Å². The molecule has 25 heavy (non-hydrogen) atoms. The van der Waals surface area contributed by atoms with Crippen LogP contribution in [0.15, 0.2) is 34.3 Å². The molecule has 0 saturated carbocycles. The molecule has 0 radical (unpaired) electrons. The van der Waals surface area contributed by atoms with E-state index in [0.717, 1.165) is 0 Å². The van der Waals surface area contributed by atoms with E-state index in [2.05, 4.69) is 9.98 Å². The molecule has 0 bridgehead atoms. The minimum atomic E-state index is -0.641. The number of aliphatic imine (C=N–C) groups is 2. The molecular weight excluding hydrogens is 346 g/mol. The predicted octanol–water partition coefficient (Wildman–Crippen LogP) is 1.49. The summed E-state index contributed by atoms with van der Waals surface area (Å²) in [4.78, 5) is 14.3. The number of ether oxygens (including phenoxy) is 2. The summed E-state index contributed by atoms with van der Waals surface area (Å²) in [5.74, 6) is 1.03. The summed E-state index contributed by atoms with van der Waals surface area (Å²) in [7, 11) is 0. The zero-order valence-electron chi connectivity index (χ0n) is 13.9. The highest BCUT2D eigenvalue weighted by Crippen LogP contribution is 2.31. The minimum Gasteiger partial charge on any atom is -0.492 e. The number of benzene rings is 1. The molecule has 4 N–H and O–H groups in total. The molecule has 0 aliphatic carbocycles. The summed E-state index contributed by atoms with van der Waals surface area (Å²) in [5.41, 5.74) is 11.1.